The number of rotatable bonds is 3. The van der Waals surface area contributed by atoms with Crippen molar-refractivity contribution < 1.29 is 9.90 Å². The van der Waals surface area contributed by atoms with Gasteiger partial charge in [-0.2, -0.15) is 10.2 Å². The molecule has 30 heavy (non-hydrogen) atoms. The molecular formula is C22H21N5O3. The van der Waals surface area contributed by atoms with Gasteiger partial charge < -0.3 is 10.0 Å². The lowest BCUT2D eigenvalue weighted by Gasteiger charge is -2.37. The number of hydrogen-bond acceptors (Lipinski definition) is 5. The van der Waals surface area contributed by atoms with Crippen molar-refractivity contribution in [3.63, 3.8) is 0 Å². The lowest BCUT2D eigenvalue weighted by atomic mass is 9.97. The van der Waals surface area contributed by atoms with Crippen molar-refractivity contribution >= 4 is 5.91 Å². The lowest BCUT2D eigenvalue weighted by Crippen LogP contribution is -2.46. The van der Waals surface area contributed by atoms with Crippen molar-refractivity contribution in [3.05, 3.63) is 76.0 Å². The fourth-order valence-electron chi connectivity index (χ4n) is 3.70. The molecule has 1 aliphatic heterocycles. The molecule has 0 bridgehead atoms. The van der Waals surface area contributed by atoms with Crippen LogP contribution in [0.25, 0.3) is 0 Å². The van der Waals surface area contributed by atoms with Gasteiger partial charge in [-0.05, 0) is 17.6 Å². The maximum Gasteiger partial charge on any atom is 0.275 e. The fourth-order valence-corrected chi connectivity index (χ4v) is 3.70. The molecule has 0 aliphatic carbocycles. The highest BCUT2D eigenvalue weighted by Crippen LogP contribution is 2.35. The summed E-state index contributed by atoms with van der Waals surface area (Å²) in [6.45, 7) is 2.30. The molecule has 152 valence electrons. The zero-order chi connectivity index (χ0) is 21.3. The quantitative estimate of drug-likeness (QED) is 0.674. The van der Waals surface area contributed by atoms with Gasteiger partial charge >= 0.3 is 0 Å². The topological polar surface area (TPSA) is 93.3 Å². The van der Waals surface area contributed by atoms with Crippen LogP contribution in [0.1, 0.15) is 47.2 Å². The third-order valence-corrected chi connectivity index (χ3v) is 5.10. The van der Waals surface area contributed by atoms with Crippen LogP contribution in [-0.2, 0) is 0 Å². The molecule has 0 saturated heterocycles. The molecule has 1 amide bonds. The number of likely N-dealkylation sites (N-methyl/N-ethyl adjacent to an activating group) is 1. The number of amides is 1. The van der Waals surface area contributed by atoms with Crippen LogP contribution in [0.5, 0.6) is 5.75 Å². The normalized spacial score (nSPS) is 16.5. The third kappa shape index (κ3) is 3.35. The standard InChI is InChI=1S/C22H21N5O3/c1-3-4-10-16-11-12-26(24-16)19(15-8-6-5-7-9-15)17-14-25(2)22(30)20-21(29)18(28)13-23-27(17)20/h5-9,11-13,17,19,29H,3,14H2,1-2H3/t17-,19+/m1/s1. The van der Waals surface area contributed by atoms with Crippen molar-refractivity contribution in [3.8, 4) is 17.6 Å². The Kier molecular flexibility index (Phi) is 5.11. The van der Waals surface area contributed by atoms with Crippen LogP contribution in [0.15, 0.2) is 53.6 Å². The van der Waals surface area contributed by atoms with E-state index in [9.17, 15) is 14.7 Å². The molecule has 0 spiro atoms. The number of carbonyl (C=O) groups is 1. The Hall–Kier alpha value is -3.86. The van der Waals surface area contributed by atoms with Gasteiger partial charge in [-0.15, -0.1) is 0 Å². The average molecular weight is 403 g/mol. The molecule has 1 aromatic carbocycles. The minimum atomic E-state index is -0.684. The Morgan fingerprint density at radius 3 is 2.73 bits per heavy atom. The average Bonchev–Trinajstić information content (AvgIpc) is 3.21. The second-order valence-corrected chi connectivity index (χ2v) is 7.10. The highest BCUT2D eigenvalue weighted by molar-refractivity contribution is 5.95. The molecule has 8 nitrogen and oxygen atoms in total. The second-order valence-electron chi connectivity index (χ2n) is 7.10. The number of nitrogens with zero attached hydrogens (tertiary/aromatic N) is 5. The Balaban J connectivity index is 1.90. The van der Waals surface area contributed by atoms with Crippen LogP contribution in [0.4, 0.5) is 0 Å². The molecule has 2 aromatic heterocycles. The van der Waals surface area contributed by atoms with Gasteiger partial charge in [-0.25, -0.2) is 4.68 Å². The molecule has 0 unspecified atom stereocenters. The molecule has 8 heteroatoms. The maximum atomic E-state index is 12.7. The van der Waals surface area contributed by atoms with Crippen molar-refractivity contribution in [2.45, 2.75) is 25.4 Å². The Morgan fingerprint density at radius 2 is 2.00 bits per heavy atom. The van der Waals surface area contributed by atoms with Crippen LogP contribution >= 0.6 is 0 Å². The number of benzene rings is 1. The van der Waals surface area contributed by atoms with Crippen LogP contribution in [-0.4, -0.2) is 49.1 Å². The van der Waals surface area contributed by atoms with Gasteiger partial charge in [0.1, 0.15) is 11.7 Å². The van der Waals surface area contributed by atoms with Gasteiger partial charge in [0.05, 0.1) is 12.2 Å². The Bertz CT molecular complexity index is 1200. The van der Waals surface area contributed by atoms with Crippen molar-refractivity contribution in [1.82, 2.24) is 24.5 Å². The third-order valence-electron chi connectivity index (χ3n) is 5.10. The zero-order valence-corrected chi connectivity index (χ0v) is 16.7. The second kappa shape index (κ2) is 7.87. The van der Waals surface area contributed by atoms with E-state index in [-0.39, 0.29) is 11.7 Å². The first kappa shape index (κ1) is 19.5. The van der Waals surface area contributed by atoms with Crippen molar-refractivity contribution in [2.24, 2.45) is 0 Å². The molecule has 3 heterocycles. The monoisotopic (exact) mass is 403 g/mol. The molecule has 0 saturated carbocycles. The summed E-state index contributed by atoms with van der Waals surface area (Å²) in [6, 6.07) is 10.8. The SMILES string of the molecule is CCC#Cc1ccn([C@@H](c2ccccc2)[C@H]2CN(C)C(=O)c3c(O)c(=O)cnn32)n1. The smallest absolute Gasteiger partial charge is 0.275 e. The number of hydrogen-bond donors (Lipinski definition) is 1. The Labute approximate surface area is 173 Å². The summed E-state index contributed by atoms with van der Waals surface area (Å²) in [6.07, 6.45) is 3.61. The first-order chi connectivity index (χ1) is 14.5. The van der Waals surface area contributed by atoms with Crippen molar-refractivity contribution in [2.75, 3.05) is 13.6 Å². The van der Waals surface area contributed by atoms with E-state index in [4.69, 9.17) is 0 Å². The molecule has 1 N–H and O–H groups in total. The number of aromatic nitrogens is 4. The summed E-state index contributed by atoms with van der Waals surface area (Å²) in [5.41, 5.74) is 0.805. The van der Waals surface area contributed by atoms with E-state index in [1.807, 2.05) is 49.5 Å². The molecule has 3 aromatic rings. The molecule has 2 atom stereocenters. The maximum absolute atomic E-state index is 12.7. The first-order valence-corrected chi connectivity index (χ1v) is 9.66. The first-order valence-electron chi connectivity index (χ1n) is 9.66. The van der Waals surface area contributed by atoms with Crippen LogP contribution in [0, 0.1) is 11.8 Å². The van der Waals surface area contributed by atoms with Crippen LogP contribution in [0.2, 0.25) is 0 Å². The van der Waals surface area contributed by atoms with Crippen molar-refractivity contribution in [1.29, 1.82) is 0 Å². The van der Waals surface area contributed by atoms with Gasteiger partial charge in [-0.3, -0.25) is 14.3 Å². The van der Waals surface area contributed by atoms with E-state index < -0.39 is 23.1 Å². The van der Waals surface area contributed by atoms with Gasteiger partial charge in [0.15, 0.2) is 11.4 Å². The van der Waals surface area contributed by atoms with E-state index in [0.717, 1.165) is 18.2 Å². The molecule has 0 radical (unpaired) electrons. The predicted molar refractivity (Wildman–Crippen MR) is 110 cm³/mol. The summed E-state index contributed by atoms with van der Waals surface area (Å²) in [5, 5.41) is 19.1. The van der Waals surface area contributed by atoms with Gasteiger partial charge in [-0.1, -0.05) is 43.2 Å². The summed E-state index contributed by atoms with van der Waals surface area (Å²) >= 11 is 0. The zero-order valence-electron chi connectivity index (χ0n) is 16.7. The number of carbonyl (C=O) groups excluding carboxylic acids is 1. The molecule has 1 aliphatic rings. The highest BCUT2D eigenvalue weighted by Gasteiger charge is 2.38. The van der Waals surface area contributed by atoms with Crippen LogP contribution < -0.4 is 5.43 Å². The summed E-state index contributed by atoms with van der Waals surface area (Å²) in [7, 11) is 1.64. The lowest BCUT2D eigenvalue weighted by molar-refractivity contribution is 0.0667. The number of aromatic hydroxyl groups is 1. The molecule has 4 rings (SSSR count). The van der Waals surface area contributed by atoms with E-state index in [2.05, 4.69) is 22.0 Å². The summed E-state index contributed by atoms with van der Waals surface area (Å²) in [5.74, 6) is 5.00. The largest absolute Gasteiger partial charge is 0.502 e. The van der Waals surface area contributed by atoms with Gasteiger partial charge in [0, 0.05) is 26.2 Å². The van der Waals surface area contributed by atoms with Gasteiger partial charge in [0.2, 0.25) is 5.43 Å². The molecule has 0 fully saturated rings. The Morgan fingerprint density at radius 1 is 1.23 bits per heavy atom. The summed E-state index contributed by atoms with van der Waals surface area (Å²) < 4.78 is 3.24. The van der Waals surface area contributed by atoms with E-state index in [1.54, 1.807) is 11.7 Å². The van der Waals surface area contributed by atoms with E-state index in [1.165, 1.54) is 9.58 Å². The van der Waals surface area contributed by atoms with Gasteiger partial charge in [0.25, 0.3) is 5.91 Å². The number of fused-ring (bicyclic) bond motifs is 1. The minimum absolute atomic E-state index is 0.111. The van der Waals surface area contributed by atoms with Crippen LogP contribution in [0.3, 0.4) is 0 Å². The van der Waals surface area contributed by atoms with E-state index >= 15 is 0 Å². The highest BCUT2D eigenvalue weighted by atomic mass is 16.3. The summed E-state index contributed by atoms with van der Waals surface area (Å²) in [4.78, 5) is 26.1. The molecular weight excluding hydrogens is 382 g/mol. The fraction of sp³-hybridized carbons (Fsp3) is 0.273. The van der Waals surface area contributed by atoms with E-state index in [0.29, 0.717) is 12.2 Å². The predicted octanol–water partition coefficient (Wildman–Crippen LogP) is 1.82. The minimum Gasteiger partial charge on any atom is -0.502 e.